The molecular formula is C16H14N4O3. The fraction of sp³-hybridized carbons (Fsp3) is 0.125. The first-order chi connectivity index (χ1) is 11.2. The Labute approximate surface area is 131 Å². The predicted molar refractivity (Wildman–Crippen MR) is 86.2 cm³/mol. The minimum Gasteiger partial charge on any atom is -0.454 e. The van der Waals surface area contributed by atoms with Crippen LogP contribution in [-0.4, -0.2) is 22.7 Å². The van der Waals surface area contributed by atoms with E-state index in [1.165, 1.54) is 6.92 Å². The van der Waals surface area contributed by atoms with E-state index in [1.807, 2.05) is 36.4 Å². The normalized spacial score (nSPS) is 12.4. The van der Waals surface area contributed by atoms with Gasteiger partial charge in [-0.2, -0.15) is 0 Å². The van der Waals surface area contributed by atoms with Gasteiger partial charge in [-0.15, -0.1) is 0 Å². The van der Waals surface area contributed by atoms with Crippen molar-refractivity contribution < 1.29 is 14.3 Å². The minimum absolute atomic E-state index is 0.0968. The van der Waals surface area contributed by atoms with Crippen molar-refractivity contribution in [3.8, 4) is 11.5 Å². The molecule has 1 aromatic heterocycles. The second-order valence-corrected chi connectivity index (χ2v) is 5.19. The molecule has 0 atom stereocenters. The standard InChI is InChI=1S/C16H14N4O3/c1-9(21)17-10-2-4-11(5-3-10)18-16-19-12-6-14-15(23-8-22-14)7-13(12)20-16/h2-7H,8H2,1H3,(H,17,21)(H2,18,19,20). The summed E-state index contributed by atoms with van der Waals surface area (Å²) in [6.45, 7) is 1.72. The summed E-state index contributed by atoms with van der Waals surface area (Å²) in [7, 11) is 0. The van der Waals surface area contributed by atoms with E-state index in [-0.39, 0.29) is 12.7 Å². The number of aromatic amines is 1. The van der Waals surface area contributed by atoms with Crippen LogP contribution < -0.4 is 20.1 Å². The number of aromatic nitrogens is 2. The molecule has 2 heterocycles. The van der Waals surface area contributed by atoms with Gasteiger partial charge in [-0.25, -0.2) is 4.98 Å². The molecule has 0 saturated carbocycles. The summed E-state index contributed by atoms with van der Waals surface area (Å²) < 4.78 is 10.7. The number of anilines is 3. The first-order valence-corrected chi connectivity index (χ1v) is 7.11. The summed E-state index contributed by atoms with van der Waals surface area (Å²) in [5.41, 5.74) is 3.27. The third kappa shape index (κ3) is 2.64. The number of nitrogens with zero attached hydrogens (tertiary/aromatic N) is 1. The Hall–Kier alpha value is -3.22. The second kappa shape index (κ2) is 5.20. The minimum atomic E-state index is -0.0968. The lowest BCUT2D eigenvalue weighted by atomic mass is 10.3. The molecule has 0 radical (unpaired) electrons. The number of rotatable bonds is 3. The number of benzene rings is 2. The number of nitrogens with one attached hydrogen (secondary N) is 3. The predicted octanol–water partition coefficient (Wildman–Crippen LogP) is 2.99. The summed E-state index contributed by atoms with van der Waals surface area (Å²) in [4.78, 5) is 18.7. The summed E-state index contributed by atoms with van der Waals surface area (Å²) >= 11 is 0. The molecule has 0 spiro atoms. The fourth-order valence-electron chi connectivity index (χ4n) is 2.44. The number of ether oxygens (including phenoxy) is 2. The number of carbonyl (C=O) groups excluding carboxylic acids is 1. The van der Waals surface area contributed by atoms with E-state index in [1.54, 1.807) is 0 Å². The number of hydrogen-bond acceptors (Lipinski definition) is 5. The molecule has 7 heteroatoms. The quantitative estimate of drug-likeness (QED) is 0.692. The molecule has 3 aromatic rings. The topological polar surface area (TPSA) is 88.3 Å². The van der Waals surface area contributed by atoms with Crippen LogP contribution in [0.2, 0.25) is 0 Å². The van der Waals surface area contributed by atoms with E-state index in [0.29, 0.717) is 17.4 Å². The maximum atomic E-state index is 11.0. The lowest BCUT2D eigenvalue weighted by molar-refractivity contribution is -0.114. The molecule has 0 unspecified atom stereocenters. The van der Waals surface area contributed by atoms with Crippen molar-refractivity contribution in [1.29, 1.82) is 0 Å². The van der Waals surface area contributed by atoms with Crippen LogP contribution in [0.4, 0.5) is 17.3 Å². The van der Waals surface area contributed by atoms with E-state index in [2.05, 4.69) is 20.6 Å². The second-order valence-electron chi connectivity index (χ2n) is 5.19. The summed E-state index contributed by atoms with van der Waals surface area (Å²) in [6.07, 6.45) is 0. The Balaban J connectivity index is 1.56. The molecule has 4 rings (SSSR count). The van der Waals surface area contributed by atoms with Crippen LogP contribution in [0.25, 0.3) is 11.0 Å². The Morgan fingerprint density at radius 2 is 1.83 bits per heavy atom. The average Bonchev–Trinajstić information content (AvgIpc) is 3.11. The molecule has 116 valence electrons. The number of amides is 1. The molecule has 2 aromatic carbocycles. The van der Waals surface area contributed by atoms with Gasteiger partial charge in [0.15, 0.2) is 11.5 Å². The Bertz CT molecular complexity index is 845. The van der Waals surface area contributed by atoms with Crippen molar-refractivity contribution in [3.05, 3.63) is 36.4 Å². The highest BCUT2D eigenvalue weighted by atomic mass is 16.7. The van der Waals surface area contributed by atoms with Crippen molar-refractivity contribution in [2.75, 3.05) is 17.4 Å². The Kier molecular flexibility index (Phi) is 3.04. The van der Waals surface area contributed by atoms with E-state index in [0.717, 1.165) is 22.4 Å². The average molecular weight is 310 g/mol. The molecular weight excluding hydrogens is 296 g/mol. The van der Waals surface area contributed by atoms with Gasteiger partial charge in [-0.1, -0.05) is 0 Å². The van der Waals surface area contributed by atoms with E-state index in [4.69, 9.17) is 9.47 Å². The van der Waals surface area contributed by atoms with Gasteiger partial charge in [0.25, 0.3) is 0 Å². The maximum Gasteiger partial charge on any atom is 0.231 e. The molecule has 7 nitrogen and oxygen atoms in total. The van der Waals surface area contributed by atoms with Crippen LogP contribution in [-0.2, 0) is 4.79 Å². The number of hydrogen-bond donors (Lipinski definition) is 3. The third-order valence-corrected chi connectivity index (χ3v) is 3.44. The Morgan fingerprint density at radius 3 is 2.57 bits per heavy atom. The van der Waals surface area contributed by atoms with Crippen LogP contribution in [0.15, 0.2) is 36.4 Å². The maximum absolute atomic E-state index is 11.0. The van der Waals surface area contributed by atoms with Crippen molar-refractivity contribution in [3.63, 3.8) is 0 Å². The van der Waals surface area contributed by atoms with Crippen LogP contribution >= 0.6 is 0 Å². The monoisotopic (exact) mass is 310 g/mol. The summed E-state index contributed by atoms with van der Waals surface area (Å²) in [5.74, 6) is 1.94. The van der Waals surface area contributed by atoms with Gasteiger partial charge in [-0.3, -0.25) is 4.79 Å². The number of imidazole rings is 1. The van der Waals surface area contributed by atoms with E-state index in [9.17, 15) is 4.79 Å². The highest BCUT2D eigenvalue weighted by molar-refractivity contribution is 5.89. The molecule has 0 aliphatic carbocycles. The highest BCUT2D eigenvalue weighted by Gasteiger charge is 2.16. The fourth-order valence-corrected chi connectivity index (χ4v) is 2.44. The van der Waals surface area contributed by atoms with Gasteiger partial charge >= 0.3 is 0 Å². The number of carbonyl (C=O) groups is 1. The zero-order valence-corrected chi connectivity index (χ0v) is 12.3. The smallest absolute Gasteiger partial charge is 0.231 e. The van der Waals surface area contributed by atoms with E-state index >= 15 is 0 Å². The Morgan fingerprint density at radius 1 is 1.13 bits per heavy atom. The van der Waals surface area contributed by atoms with E-state index < -0.39 is 0 Å². The van der Waals surface area contributed by atoms with Crippen molar-refractivity contribution in [2.45, 2.75) is 6.92 Å². The zero-order chi connectivity index (χ0) is 15.8. The lowest BCUT2D eigenvalue weighted by Gasteiger charge is -2.05. The van der Waals surface area contributed by atoms with Gasteiger partial charge in [0, 0.05) is 30.4 Å². The van der Waals surface area contributed by atoms with Gasteiger partial charge in [0.1, 0.15) is 0 Å². The molecule has 0 fully saturated rings. The molecule has 0 saturated heterocycles. The number of fused-ring (bicyclic) bond motifs is 2. The SMILES string of the molecule is CC(=O)Nc1ccc(Nc2nc3cc4c(cc3[nH]2)OCO4)cc1. The highest BCUT2D eigenvalue weighted by Crippen LogP contribution is 2.35. The largest absolute Gasteiger partial charge is 0.454 e. The first kappa shape index (κ1) is 13.4. The third-order valence-electron chi connectivity index (χ3n) is 3.44. The van der Waals surface area contributed by atoms with Gasteiger partial charge in [-0.05, 0) is 24.3 Å². The molecule has 3 N–H and O–H groups in total. The zero-order valence-electron chi connectivity index (χ0n) is 12.3. The first-order valence-electron chi connectivity index (χ1n) is 7.11. The summed E-state index contributed by atoms with van der Waals surface area (Å²) in [6, 6.07) is 11.1. The molecule has 0 bridgehead atoms. The van der Waals surface area contributed by atoms with Crippen molar-refractivity contribution in [1.82, 2.24) is 9.97 Å². The molecule has 1 aliphatic heterocycles. The van der Waals surface area contributed by atoms with Crippen molar-refractivity contribution >= 4 is 34.3 Å². The van der Waals surface area contributed by atoms with Crippen molar-refractivity contribution in [2.24, 2.45) is 0 Å². The van der Waals surface area contributed by atoms with Gasteiger partial charge in [0.2, 0.25) is 18.6 Å². The van der Waals surface area contributed by atoms with Crippen LogP contribution in [0.5, 0.6) is 11.5 Å². The molecule has 23 heavy (non-hydrogen) atoms. The van der Waals surface area contributed by atoms with Gasteiger partial charge < -0.3 is 25.1 Å². The number of H-pyrrole nitrogens is 1. The molecule has 1 amide bonds. The molecule has 1 aliphatic rings. The summed E-state index contributed by atoms with van der Waals surface area (Å²) in [5, 5.41) is 5.91. The van der Waals surface area contributed by atoms with Gasteiger partial charge in [0.05, 0.1) is 11.0 Å². The van der Waals surface area contributed by atoms with Crippen LogP contribution in [0, 0.1) is 0 Å². The lowest BCUT2D eigenvalue weighted by Crippen LogP contribution is -2.05. The van der Waals surface area contributed by atoms with Crippen LogP contribution in [0.3, 0.4) is 0 Å². The van der Waals surface area contributed by atoms with Crippen LogP contribution in [0.1, 0.15) is 6.92 Å².